The molecule has 0 bridgehead atoms. The fourth-order valence-corrected chi connectivity index (χ4v) is 3.07. The normalized spacial score (nSPS) is 29.8. The van der Waals surface area contributed by atoms with Gasteiger partial charge in [0.05, 0.1) is 6.61 Å². The van der Waals surface area contributed by atoms with Crippen LogP contribution in [0.1, 0.15) is 20.3 Å². The SMILES string of the molecule is CC(C)C(CNC(=O)C1(N)CCOC1)N1CCN(C)CC1. The Morgan fingerprint density at radius 3 is 2.52 bits per heavy atom. The molecule has 0 aliphatic carbocycles. The van der Waals surface area contributed by atoms with Crippen molar-refractivity contribution in [1.82, 2.24) is 15.1 Å². The van der Waals surface area contributed by atoms with Gasteiger partial charge in [0, 0.05) is 45.4 Å². The highest BCUT2D eigenvalue weighted by atomic mass is 16.5. The smallest absolute Gasteiger partial charge is 0.242 e. The fraction of sp³-hybridized carbons (Fsp3) is 0.933. The van der Waals surface area contributed by atoms with E-state index >= 15 is 0 Å². The number of carbonyl (C=O) groups is 1. The van der Waals surface area contributed by atoms with Crippen molar-refractivity contribution in [3.8, 4) is 0 Å². The summed E-state index contributed by atoms with van der Waals surface area (Å²) in [5.41, 5.74) is 5.27. The zero-order chi connectivity index (χ0) is 15.5. The topological polar surface area (TPSA) is 70.8 Å². The fourth-order valence-electron chi connectivity index (χ4n) is 3.07. The molecule has 0 aromatic heterocycles. The van der Waals surface area contributed by atoms with Crippen LogP contribution in [0.15, 0.2) is 0 Å². The second-order valence-corrected chi connectivity index (χ2v) is 6.82. The van der Waals surface area contributed by atoms with Crippen LogP contribution < -0.4 is 11.1 Å². The van der Waals surface area contributed by atoms with Gasteiger partial charge in [0.2, 0.25) is 5.91 Å². The van der Waals surface area contributed by atoms with Gasteiger partial charge in [-0.3, -0.25) is 9.69 Å². The predicted molar refractivity (Wildman–Crippen MR) is 83.1 cm³/mol. The summed E-state index contributed by atoms with van der Waals surface area (Å²) in [5.74, 6) is 0.432. The first-order chi connectivity index (χ1) is 9.92. The average molecular weight is 298 g/mol. The number of nitrogens with one attached hydrogen (secondary N) is 1. The number of nitrogens with zero attached hydrogens (tertiary/aromatic N) is 2. The molecule has 1 amide bonds. The first-order valence-electron chi connectivity index (χ1n) is 8.00. The Hall–Kier alpha value is -0.690. The van der Waals surface area contributed by atoms with Gasteiger partial charge in [-0.2, -0.15) is 0 Å². The number of carbonyl (C=O) groups excluding carboxylic acids is 1. The van der Waals surface area contributed by atoms with E-state index in [1.165, 1.54) is 0 Å². The van der Waals surface area contributed by atoms with Gasteiger partial charge in [0.1, 0.15) is 5.54 Å². The monoisotopic (exact) mass is 298 g/mol. The Balaban J connectivity index is 1.87. The highest BCUT2D eigenvalue weighted by Gasteiger charge is 2.38. The van der Waals surface area contributed by atoms with Crippen LogP contribution >= 0.6 is 0 Å². The molecular weight excluding hydrogens is 268 g/mol. The summed E-state index contributed by atoms with van der Waals surface area (Å²) in [5, 5.41) is 3.06. The van der Waals surface area contributed by atoms with E-state index in [9.17, 15) is 4.79 Å². The van der Waals surface area contributed by atoms with Gasteiger partial charge in [-0.1, -0.05) is 13.8 Å². The van der Waals surface area contributed by atoms with Crippen LogP contribution in [0.3, 0.4) is 0 Å². The standard InChI is InChI=1S/C15H30N4O2/c1-12(2)13(19-7-5-18(3)6-8-19)10-17-14(20)15(16)4-9-21-11-15/h12-13H,4-11,16H2,1-3H3,(H,17,20). The number of ether oxygens (including phenoxy) is 1. The Bertz CT molecular complexity index is 348. The van der Waals surface area contributed by atoms with Crippen molar-refractivity contribution in [2.75, 3.05) is 53.0 Å². The molecule has 0 radical (unpaired) electrons. The van der Waals surface area contributed by atoms with Gasteiger partial charge in [-0.15, -0.1) is 0 Å². The number of piperazine rings is 1. The van der Waals surface area contributed by atoms with E-state index in [1.54, 1.807) is 0 Å². The minimum Gasteiger partial charge on any atom is -0.379 e. The molecule has 2 saturated heterocycles. The lowest BCUT2D eigenvalue weighted by molar-refractivity contribution is -0.126. The van der Waals surface area contributed by atoms with Crippen molar-refractivity contribution in [3.63, 3.8) is 0 Å². The van der Waals surface area contributed by atoms with Crippen LogP contribution in [-0.2, 0) is 9.53 Å². The van der Waals surface area contributed by atoms with Crippen LogP contribution in [0.25, 0.3) is 0 Å². The summed E-state index contributed by atoms with van der Waals surface area (Å²) in [4.78, 5) is 17.1. The number of amides is 1. The molecule has 3 N–H and O–H groups in total. The zero-order valence-electron chi connectivity index (χ0n) is 13.6. The van der Waals surface area contributed by atoms with Gasteiger partial charge in [-0.25, -0.2) is 0 Å². The molecule has 2 fully saturated rings. The van der Waals surface area contributed by atoms with E-state index in [4.69, 9.17) is 10.5 Å². The van der Waals surface area contributed by atoms with Crippen molar-refractivity contribution in [2.24, 2.45) is 11.7 Å². The molecule has 2 rings (SSSR count). The quantitative estimate of drug-likeness (QED) is 0.715. The minimum atomic E-state index is -0.830. The van der Waals surface area contributed by atoms with Crippen molar-refractivity contribution >= 4 is 5.91 Å². The van der Waals surface area contributed by atoms with Gasteiger partial charge in [0.25, 0.3) is 0 Å². The highest BCUT2D eigenvalue weighted by Crippen LogP contribution is 2.17. The number of rotatable bonds is 5. The van der Waals surface area contributed by atoms with Gasteiger partial charge in [-0.05, 0) is 19.4 Å². The van der Waals surface area contributed by atoms with Crippen molar-refractivity contribution < 1.29 is 9.53 Å². The maximum atomic E-state index is 12.3. The van der Waals surface area contributed by atoms with Gasteiger partial charge >= 0.3 is 0 Å². The number of likely N-dealkylation sites (N-methyl/N-ethyl adjacent to an activating group) is 1. The molecule has 0 spiro atoms. The number of hydrogen-bond donors (Lipinski definition) is 2. The molecule has 0 saturated carbocycles. The van der Waals surface area contributed by atoms with Crippen LogP contribution in [-0.4, -0.2) is 80.3 Å². The molecule has 6 nitrogen and oxygen atoms in total. The summed E-state index contributed by atoms with van der Waals surface area (Å²) in [6, 6.07) is 0.369. The van der Waals surface area contributed by atoms with Crippen LogP contribution in [0.5, 0.6) is 0 Å². The highest BCUT2D eigenvalue weighted by molar-refractivity contribution is 5.86. The van der Waals surface area contributed by atoms with E-state index in [0.29, 0.717) is 38.1 Å². The maximum absolute atomic E-state index is 12.3. The Morgan fingerprint density at radius 2 is 2.00 bits per heavy atom. The van der Waals surface area contributed by atoms with Crippen LogP contribution in [0, 0.1) is 5.92 Å². The summed E-state index contributed by atoms with van der Waals surface area (Å²) in [7, 11) is 2.15. The molecule has 2 atom stereocenters. The third-order valence-corrected chi connectivity index (χ3v) is 4.75. The molecule has 21 heavy (non-hydrogen) atoms. The largest absolute Gasteiger partial charge is 0.379 e. The van der Waals surface area contributed by atoms with E-state index in [-0.39, 0.29) is 5.91 Å². The van der Waals surface area contributed by atoms with Crippen molar-refractivity contribution in [2.45, 2.75) is 31.8 Å². The summed E-state index contributed by atoms with van der Waals surface area (Å²) in [6.07, 6.45) is 0.611. The van der Waals surface area contributed by atoms with E-state index < -0.39 is 5.54 Å². The lowest BCUT2D eigenvalue weighted by Crippen LogP contribution is -2.59. The summed E-state index contributed by atoms with van der Waals surface area (Å²) >= 11 is 0. The number of hydrogen-bond acceptors (Lipinski definition) is 5. The van der Waals surface area contributed by atoms with E-state index in [2.05, 4.69) is 36.0 Å². The Morgan fingerprint density at radius 1 is 1.33 bits per heavy atom. The van der Waals surface area contributed by atoms with Gasteiger partial charge < -0.3 is 20.7 Å². The molecular formula is C15H30N4O2. The summed E-state index contributed by atoms with van der Waals surface area (Å²) in [6.45, 7) is 10.3. The third kappa shape index (κ3) is 4.16. The minimum absolute atomic E-state index is 0.0697. The van der Waals surface area contributed by atoms with Crippen molar-refractivity contribution in [3.05, 3.63) is 0 Å². The molecule has 2 unspecified atom stereocenters. The second kappa shape index (κ2) is 7.05. The molecule has 2 heterocycles. The van der Waals surface area contributed by atoms with Gasteiger partial charge in [0.15, 0.2) is 0 Å². The first kappa shape index (κ1) is 16.7. The Labute approximate surface area is 128 Å². The molecule has 2 aliphatic heterocycles. The van der Waals surface area contributed by atoms with E-state index in [0.717, 1.165) is 26.2 Å². The van der Waals surface area contributed by atoms with Crippen LogP contribution in [0.4, 0.5) is 0 Å². The van der Waals surface area contributed by atoms with Crippen molar-refractivity contribution in [1.29, 1.82) is 0 Å². The lowest BCUT2D eigenvalue weighted by atomic mass is 9.97. The maximum Gasteiger partial charge on any atom is 0.242 e. The third-order valence-electron chi connectivity index (χ3n) is 4.75. The predicted octanol–water partition coefficient (Wildman–Crippen LogP) is -0.508. The molecule has 0 aromatic rings. The second-order valence-electron chi connectivity index (χ2n) is 6.82. The first-order valence-corrected chi connectivity index (χ1v) is 8.00. The lowest BCUT2D eigenvalue weighted by Gasteiger charge is -2.40. The average Bonchev–Trinajstić information content (AvgIpc) is 2.88. The van der Waals surface area contributed by atoms with E-state index in [1.807, 2.05) is 0 Å². The number of nitrogens with two attached hydrogens (primary N) is 1. The summed E-state index contributed by atoms with van der Waals surface area (Å²) < 4.78 is 5.26. The molecule has 0 aromatic carbocycles. The molecule has 6 heteroatoms. The zero-order valence-corrected chi connectivity index (χ0v) is 13.6. The molecule has 2 aliphatic rings. The van der Waals surface area contributed by atoms with Crippen LogP contribution in [0.2, 0.25) is 0 Å². The Kier molecular flexibility index (Phi) is 5.60. The molecule has 122 valence electrons.